The molecular formula is C22H28N2O2. The van der Waals surface area contributed by atoms with Gasteiger partial charge in [-0.2, -0.15) is 0 Å². The molecule has 4 nitrogen and oxygen atoms in total. The summed E-state index contributed by atoms with van der Waals surface area (Å²) in [6.45, 7) is 6.70. The second-order valence-electron chi connectivity index (χ2n) is 7.45. The molecule has 0 unspecified atom stereocenters. The monoisotopic (exact) mass is 352 g/mol. The smallest absolute Gasteiger partial charge is 0.270 e. The highest BCUT2D eigenvalue weighted by atomic mass is 16.5. The van der Waals surface area contributed by atoms with Crippen LogP contribution in [-0.4, -0.2) is 16.9 Å². The van der Waals surface area contributed by atoms with Crippen LogP contribution in [0.3, 0.4) is 0 Å². The van der Waals surface area contributed by atoms with Crippen LogP contribution in [0.2, 0.25) is 0 Å². The van der Waals surface area contributed by atoms with E-state index in [2.05, 4.69) is 17.2 Å². The minimum Gasteiger partial charge on any atom is -0.487 e. The zero-order valence-corrected chi connectivity index (χ0v) is 15.9. The maximum Gasteiger partial charge on any atom is 0.270 e. The van der Waals surface area contributed by atoms with Crippen molar-refractivity contribution in [3.63, 3.8) is 0 Å². The summed E-state index contributed by atoms with van der Waals surface area (Å²) in [6, 6.07) is 11.9. The lowest BCUT2D eigenvalue weighted by molar-refractivity contribution is 0.0917. The predicted molar refractivity (Wildman–Crippen MR) is 103 cm³/mol. The van der Waals surface area contributed by atoms with Crippen molar-refractivity contribution in [2.45, 2.75) is 59.1 Å². The van der Waals surface area contributed by atoms with Crippen LogP contribution in [0.25, 0.3) is 0 Å². The first-order valence-electron chi connectivity index (χ1n) is 9.48. The third-order valence-electron chi connectivity index (χ3n) is 5.16. The van der Waals surface area contributed by atoms with Crippen LogP contribution in [0.5, 0.6) is 5.75 Å². The van der Waals surface area contributed by atoms with Gasteiger partial charge in [0, 0.05) is 6.04 Å². The van der Waals surface area contributed by atoms with Crippen molar-refractivity contribution in [1.82, 2.24) is 10.3 Å². The Kier molecular flexibility index (Phi) is 5.92. The summed E-state index contributed by atoms with van der Waals surface area (Å²) in [7, 11) is 0. The molecule has 4 heteroatoms. The van der Waals surface area contributed by atoms with Gasteiger partial charge in [0.1, 0.15) is 18.1 Å². The number of rotatable bonds is 5. The number of aryl methyl sites for hydroxylation is 2. The first kappa shape index (κ1) is 18.4. The van der Waals surface area contributed by atoms with Gasteiger partial charge >= 0.3 is 0 Å². The van der Waals surface area contributed by atoms with Crippen LogP contribution in [0.15, 0.2) is 36.4 Å². The third kappa shape index (κ3) is 4.63. The number of hydrogen-bond donors (Lipinski definition) is 1. The fourth-order valence-electron chi connectivity index (χ4n) is 3.52. The van der Waals surface area contributed by atoms with Gasteiger partial charge in [0.2, 0.25) is 0 Å². The van der Waals surface area contributed by atoms with Gasteiger partial charge in [-0.1, -0.05) is 31.2 Å². The SMILES string of the molecule is Cc1cccc(C)c1OCc1cccc(C(=O)NC2CCC(C)CC2)n1. The highest BCUT2D eigenvalue weighted by Gasteiger charge is 2.20. The summed E-state index contributed by atoms with van der Waals surface area (Å²) in [4.78, 5) is 17.0. The maximum atomic E-state index is 12.5. The Morgan fingerprint density at radius 2 is 1.73 bits per heavy atom. The van der Waals surface area contributed by atoms with E-state index in [9.17, 15) is 4.79 Å². The van der Waals surface area contributed by atoms with E-state index in [1.54, 1.807) is 6.07 Å². The first-order chi connectivity index (χ1) is 12.5. The highest BCUT2D eigenvalue weighted by molar-refractivity contribution is 5.92. The Bertz CT molecular complexity index is 744. The molecule has 0 saturated heterocycles. The van der Waals surface area contributed by atoms with E-state index in [0.29, 0.717) is 12.3 Å². The van der Waals surface area contributed by atoms with Crippen LogP contribution in [0.1, 0.15) is 59.9 Å². The standard InChI is InChI=1S/C22H28N2O2/c1-15-10-12-18(13-11-15)24-22(25)20-9-5-8-19(23-20)14-26-21-16(2)6-4-7-17(21)3/h4-9,15,18H,10-14H2,1-3H3,(H,24,25). The number of para-hydroxylation sites is 1. The van der Waals surface area contributed by atoms with Crippen LogP contribution in [0, 0.1) is 19.8 Å². The van der Waals surface area contributed by atoms with Crippen LogP contribution in [0.4, 0.5) is 0 Å². The van der Waals surface area contributed by atoms with Crippen molar-refractivity contribution < 1.29 is 9.53 Å². The fourth-order valence-corrected chi connectivity index (χ4v) is 3.52. The van der Waals surface area contributed by atoms with Crippen LogP contribution < -0.4 is 10.1 Å². The van der Waals surface area contributed by atoms with Crippen LogP contribution in [-0.2, 0) is 6.61 Å². The number of carbonyl (C=O) groups excluding carboxylic acids is 1. The van der Waals surface area contributed by atoms with Gasteiger partial charge in [-0.3, -0.25) is 4.79 Å². The number of nitrogens with one attached hydrogen (secondary N) is 1. The van der Waals surface area contributed by atoms with Gasteiger partial charge in [0.05, 0.1) is 5.69 Å². The quantitative estimate of drug-likeness (QED) is 0.856. The van der Waals surface area contributed by atoms with Crippen molar-refractivity contribution in [1.29, 1.82) is 0 Å². The molecule has 1 saturated carbocycles. The van der Waals surface area contributed by atoms with Gasteiger partial charge in [-0.25, -0.2) is 4.98 Å². The molecule has 0 bridgehead atoms. The van der Waals surface area contributed by atoms with E-state index in [1.807, 2.05) is 44.2 Å². The minimum atomic E-state index is -0.0847. The predicted octanol–water partition coefficient (Wildman–Crippen LogP) is 4.59. The fraction of sp³-hybridized carbons (Fsp3) is 0.455. The molecule has 0 aliphatic heterocycles. The Morgan fingerprint density at radius 1 is 1.08 bits per heavy atom. The molecule has 1 aliphatic carbocycles. The number of pyridine rings is 1. The second kappa shape index (κ2) is 8.35. The number of hydrogen-bond acceptors (Lipinski definition) is 3. The van der Waals surface area contributed by atoms with Crippen molar-refractivity contribution in [3.8, 4) is 5.75 Å². The zero-order chi connectivity index (χ0) is 18.5. The Morgan fingerprint density at radius 3 is 2.42 bits per heavy atom. The topological polar surface area (TPSA) is 51.2 Å². The molecule has 1 aromatic carbocycles. The number of aromatic nitrogens is 1. The molecule has 1 amide bonds. The molecule has 2 aromatic rings. The molecule has 1 N–H and O–H groups in total. The van der Waals surface area contributed by atoms with Crippen molar-refractivity contribution >= 4 is 5.91 Å². The molecule has 26 heavy (non-hydrogen) atoms. The summed E-state index contributed by atoms with van der Waals surface area (Å²) < 4.78 is 5.96. The molecule has 1 aromatic heterocycles. The number of nitrogens with zero attached hydrogens (tertiary/aromatic N) is 1. The average Bonchev–Trinajstić information content (AvgIpc) is 2.63. The molecule has 3 rings (SSSR count). The normalized spacial score (nSPS) is 19.8. The summed E-state index contributed by atoms with van der Waals surface area (Å²) in [6.07, 6.45) is 4.48. The minimum absolute atomic E-state index is 0.0847. The second-order valence-corrected chi connectivity index (χ2v) is 7.45. The summed E-state index contributed by atoms with van der Waals surface area (Å²) in [5, 5.41) is 3.13. The van der Waals surface area contributed by atoms with Crippen LogP contribution >= 0.6 is 0 Å². The number of carbonyl (C=O) groups is 1. The number of ether oxygens (including phenoxy) is 1. The average molecular weight is 352 g/mol. The number of amides is 1. The number of benzene rings is 1. The Labute approximate surface area is 156 Å². The van der Waals surface area contributed by atoms with Gasteiger partial charge in [0.15, 0.2) is 0 Å². The first-order valence-corrected chi connectivity index (χ1v) is 9.48. The molecule has 0 radical (unpaired) electrons. The van der Waals surface area contributed by atoms with E-state index in [-0.39, 0.29) is 11.9 Å². The van der Waals surface area contributed by atoms with Crippen molar-refractivity contribution in [2.75, 3.05) is 0 Å². The maximum absolute atomic E-state index is 12.5. The lowest BCUT2D eigenvalue weighted by atomic mass is 9.87. The third-order valence-corrected chi connectivity index (χ3v) is 5.16. The molecule has 138 valence electrons. The molecule has 1 heterocycles. The highest BCUT2D eigenvalue weighted by Crippen LogP contribution is 2.24. The summed E-state index contributed by atoms with van der Waals surface area (Å²) in [5.74, 6) is 1.57. The lowest BCUT2D eigenvalue weighted by Crippen LogP contribution is -2.37. The van der Waals surface area contributed by atoms with Gasteiger partial charge in [-0.15, -0.1) is 0 Å². The van der Waals surface area contributed by atoms with E-state index >= 15 is 0 Å². The summed E-state index contributed by atoms with van der Waals surface area (Å²) >= 11 is 0. The van der Waals surface area contributed by atoms with Gasteiger partial charge in [-0.05, 0) is 68.7 Å². The van der Waals surface area contributed by atoms with E-state index in [0.717, 1.165) is 41.3 Å². The molecular weight excluding hydrogens is 324 g/mol. The van der Waals surface area contributed by atoms with Gasteiger partial charge in [0.25, 0.3) is 5.91 Å². The van der Waals surface area contributed by atoms with Crippen molar-refractivity contribution in [2.24, 2.45) is 5.92 Å². The lowest BCUT2D eigenvalue weighted by Gasteiger charge is -2.26. The molecule has 0 spiro atoms. The largest absolute Gasteiger partial charge is 0.487 e. The van der Waals surface area contributed by atoms with E-state index < -0.39 is 0 Å². The van der Waals surface area contributed by atoms with Gasteiger partial charge < -0.3 is 10.1 Å². The Balaban J connectivity index is 1.61. The molecule has 1 fully saturated rings. The van der Waals surface area contributed by atoms with Crippen molar-refractivity contribution in [3.05, 3.63) is 58.9 Å². The zero-order valence-electron chi connectivity index (χ0n) is 15.9. The summed E-state index contributed by atoms with van der Waals surface area (Å²) in [5.41, 5.74) is 3.43. The Hall–Kier alpha value is -2.36. The van der Waals surface area contributed by atoms with E-state index in [1.165, 1.54) is 12.8 Å². The van der Waals surface area contributed by atoms with E-state index in [4.69, 9.17) is 4.74 Å². The molecule has 0 atom stereocenters. The molecule has 1 aliphatic rings.